The Hall–Kier alpha value is -0.610. The molecule has 0 bridgehead atoms. The van der Waals surface area contributed by atoms with Crippen LogP contribution in [0.1, 0.15) is 46.0 Å². The van der Waals surface area contributed by atoms with Crippen molar-refractivity contribution in [2.45, 2.75) is 52.0 Å². The summed E-state index contributed by atoms with van der Waals surface area (Å²) < 4.78 is 0. The second-order valence-electron chi connectivity index (χ2n) is 6.75. The molecule has 116 valence electrons. The van der Waals surface area contributed by atoms with Gasteiger partial charge >= 0.3 is 0 Å². The van der Waals surface area contributed by atoms with E-state index in [4.69, 9.17) is 0 Å². The van der Waals surface area contributed by atoms with E-state index in [-0.39, 0.29) is 5.91 Å². The van der Waals surface area contributed by atoms with Gasteiger partial charge < -0.3 is 10.6 Å². The van der Waals surface area contributed by atoms with Crippen LogP contribution in [0, 0.1) is 11.8 Å². The fraction of sp³-hybridized carbons (Fsp3) is 0.938. The first kappa shape index (κ1) is 15.8. The summed E-state index contributed by atoms with van der Waals surface area (Å²) in [4.78, 5) is 14.6. The minimum atomic E-state index is 0.226. The van der Waals surface area contributed by atoms with Crippen LogP contribution in [0.25, 0.3) is 0 Å². The predicted octanol–water partition coefficient (Wildman–Crippen LogP) is 1.61. The second-order valence-corrected chi connectivity index (χ2v) is 6.75. The van der Waals surface area contributed by atoms with Crippen molar-refractivity contribution >= 4 is 5.91 Å². The topological polar surface area (TPSA) is 44.4 Å². The summed E-state index contributed by atoms with van der Waals surface area (Å²) in [6.07, 6.45) is 6.17. The van der Waals surface area contributed by atoms with Crippen LogP contribution >= 0.6 is 0 Å². The van der Waals surface area contributed by atoms with Crippen LogP contribution in [-0.2, 0) is 4.79 Å². The Morgan fingerprint density at radius 2 is 2.00 bits per heavy atom. The lowest BCUT2D eigenvalue weighted by Gasteiger charge is -2.35. The van der Waals surface area contributed by atoms with Crippen LogP contribution in [-0.4, -0.2) is 49.6 Å². The Bertz CT molecular complexity index is 298. The van der Waals surface area contributed by atoms with Gasteiger partial charge in [-0.1, -0.05) is 26.7 Å². The Morgan fingerprint density at radius 3 is 2.80 bits per heavy atom. The molecule has 0 aromatic rings. The fourth-order valence-electron chi connectivity index (χ4n) is 3.65. The minimum Gasteiger partial charge on any atom is -0.352 e. The van der Waals surface area contributed by atoms with Crippen molar-refractivity contribution in [3.8, 4) is 0 Å². The zero-order chi connectivity index (χ0) is 14.4. The highest BCUT2D eigenvalue weighted by Gasteiger charge is 2.28. The lowest BCUT2D eigenvalue weighted by atomic mass is 9.78. The summed E-state index contributed by atoms with van der Waals surface area (Å²) >= 11 is 0. The molecule has 1 aliphatic heterocycles. The number of carbonyl (C=O) groups is 1. The lowest BCUT2D eigenvalue weighted by molar-refractivity contribution is -0.123. The molecule has 20 heavy (non-hydrogen) atoms. The Morgan fingerprint density at radius 1 is 1.20 bits per heavy atom. The summed E-state index contributed by atoms with van der Waals surface area (Å²) in [5.74, 6) is 1.56. The third-order valence-corrected chi connectivity index (χ3v) is 4.82. The molecule has 2 rings (SSSR count). The average molecular weight is 281 g/mol. The monoisotopic (exact) mass is 281 g/mol. The van der Waals surface area contributed by atoms with Crippen LogP contribution in [0.4, 0.5) is 0 Å². The van der Waals surface area contributed by atoms with Gasteiger partial charge in [0.15, 0.2) is 0 Å². The molecule has 2 fully saturated rings. The van der Waals surface area contributed by atoms with Crippen molar-refractivity contribution in [1.82, 2.24) is 15.5 Å². The van der Waals surface area contributed by atoms with E-state index in [0.717, 1.165) is 39.0 Å². The summed E-state index contributed by atoms with van der Waals surface area (Å²) in [5, 5.41) is 6.70. The molecule has 1 aliphatic carbocycles. The smallest absolute Gasteiger partial charge is 0.234 e. The number of nitrogens with zero attached hydrogens (tertiary/aromatic N) is 1. The van der Waals surface area contributed by atoms with Gasteiger partial charge in [-0.2, -0.15) is 0 Å². The average Bonchev–Trinajstić information content (AvgIpc) is 2.67. The number of rotatable bonds is 4. The largest absolute Gasteiger partial charge is 0.352 e. The number of carbonyl (C=O) groups excluding carboxylic acids is 1. The van der Waals surface area contributed by atoms with E-state index in [0.29, 0.717) is 24.4 Å². The molecule has 1 heterocycles. The van der Waals surface area contributed by atoms with E-state index in [1.54, 1.807) is 0 Å². The molecule has 4 heteroatoms. The van der Waals surface area contributed by atoms with Crippen molar-refractivity contribution < 1.29 is 4.79 Å². The first-order valence-electron chi connectivity index (χ1n) is 8.39. The molecule has 1 saturated heterocycles. The van der Waals surface area contributed by atoms with Crippen molar-refractivity contribution in [1.29, 1.82) is 0 Å². The molecule has 2 unspecified atom stereocenters. The SMILES string of the molecule is CC(C)C1CCCCC1NC(=O)CN1CCCNCC1. The molecular weight excluding hydrogens is 250 g/mol. The summed E-state index contributed by atoms with van der Waals surface area (Å²) in [6.45, 7) is 9.26. The lowest BCUT2D eigenvalue weighted by Crippen LogP contribution is -2.48. The molecule has 4 nitrogen and oxygen atoms in total. The van der Waals surface area contributed by atoms with Gasteiger partial charge in [0.05, 0.1) is 6.54 Å². The molecule has 2 atom stereocenters. The van der Waals surface area contributed by atoms with E-state index in [1.807, 2.05) is 0 Å². The van der Waals surface area contributed by atoms with Gasteiger partial charge in [-0.05, 0) is 44.2 Å². The van der Waals surface area contributed by atoms with Crippen molar-refractivity contribution in [2.24, 2.45) is 11.8 Å². The van der Waals surface area contributed by atoms with Crippen LogP contribution in [0.3, 0.4) is 0 Å². The maximum Gasteiger partial charge on any atom is 0.234 e. The van der Waals surface area contributed by atoms with Gasteiger partial charge in [-0.3, -0.25) is 9.69 Å². The summed E-state index contributed by atoms with van der Waals surface area (Å²) in [7, 11) is 0. The minimum absolute atomic E-state index is 0.226. The van der Waals surface area contributed by atoms with Gasteiger partial charge in [-0.25, -0.2) is 0 Å². The van der Waals surface area contributed by atoms with Gasteiger partial charge in [0.2, 0.25) is 5.91 Å². The molecule has 0 radical (unpaired) electrons. The maximum absolute atomic E-state index is 12.3. The second kappa shape index (κ2) is 7.99. The predicted molar refractivity (Wildman–Crippen MR) is 82.7 cm³/mol. The van der Waals surface area contributed by atoms with Crippen LogP contribution in [0.5, 0.6) is 0 Å². The van der Waals surface area contributed by atoms with Gasteiger partial charge in [0.1, 0.15) is 0 Å². The van der Waals surface area contributed by atoms with Crippen molar-refractivity contribution in [3.63, 3.8) is 0 Å². The molecule has 0 aromatic heterocycles. The quantitative estimate of drug-likeness (QED) is 0.823. The normalized spacial score (nSPS) is 29.1. The molecule has 2 N–H and O–H groups in total. The zero-order valence-electron chi connectivity index (χ0n) is 13.2. The zero-order valence-corrected chi connectivity index (χ0v) is 13.2. The highest BCUT2D eigenvalue weighted by atomic mass is 16.2. The highest BCUT2D eigenvalue weighted by molar-refractivity contribution is 5.78. The van der Waals surface area contributed by atoms with Crippen molar-refractivity contribution in [2.75, 3.05) is 32.7 Å². The van der Waals surface area contributed by atoms with Gasteiger partial charge in [0.25, 0.3) is 0 Å². The van der Waals surface area contributed by atoms with Crippen LogP contribution in [0.2, 0.25) is 0 Å². The highest BCUT2D eigenvalue weighted by Crippen LogP contribution is 2.30. The fourth-order valence-corrected chi connectivity index (χ4v) is 3.65. The molecule has 2 aliphatic rings. The molecule has 0 aromatic carbocycles. The van der Waals surface area contributed by atoms with E-state index in [9.17, 15) is 4.79 Å². The van der Waals surface area contributed by atoms with Crippen LogP contribution < -0.4 is 10.6 Å². The number of hydrogen-bond donors (Lipinski definition) is 2. The Balaban J connectivity index is 1.79. The molecule has 0 spiro atoms. The maximum atomic E-state index is 12.3. The Kier molecular flexibility index (Phi) is 6.30. The van der Waals surface area contributed by atoms with Gasteiger partial charge in [-0.15, -0.1) is 0 Å². The third kappa shape index (κ3) is 4.74. The van der Waals surface area contributed by atoms with E-state index in [2.05, 4.69) is 29.4 Å². The first-order chi connectivity index (χ1) is 9.66. The van der Waals surface area contributed by atoms with Crippen LogP contribution in [0.15, 0.2) is 0 Å². The molecule has 1 amide bonds. The van der Waals surface area contributed by atoms with E-state index >= 15 is 0 Å². The van der Waals surface area contributed by atoms with Gasteiger partial charge in [0, 0.05) is 19.1 Å². The molecule has 1 saturated carbocycles. The summed E-state index contributed by atoms with van der Waals surface area (Å²) in [5.41, 5.74) is 0. The number of hydrogen-bond acceptors (Lipinski definition) is 3. The van der Waals surface area contributed by atoms with E-state index in [1.165, 1.54) is 19.3 Å². The third-order valence-electron chi connectivity index (χ3n) is 4.82. The van der Waals surface area contributed by atoms with Crippen molar-refractivity contribution in [3.05, 3.63) is 0 Å². The Labute approximate surface area is 123 Å². The number of nitrogens with one attached hydrogen (secondary N) is 2. The van der Waals surface area contributed by atoms with E-state index < -0.39 is 0 Å². The number of amides is 1. The standard InChI is InChI=1S/C16H31N3O/c1-13(2)14-6-3-4-7-15(14)18-16(20)12-19-10-5-8-17-9-11-19/h13-15,17H,3-12H2,1-2H3,(H,18,20). The molecular formula is C16H31N3O. The first-order valence-corrected chi connectivity index (χ1v) is 8.39. The summed E-state index contributed by atoms with van der Waals surface area (Å²) in [6, 6.07) is 0.404.